The van der Waals surface area contributed by atoms with E-state index in [2.05, 4.69) is 25.0 Å². The van der Waals surface area contributed by atoms with Gasteiger partial charge in [-0.15, -0.1) is 10.2 Å². The molecule has 0 unspecified atom stereocenters. The maximum Gasteiger partial charge on any atom is 0.234 e. The maximum absolute atomic E-state index is 12.0. The van der Waals surface area contributed by atoms with E-state index >= 15 is 0 Å². The number of ether oxygens (including phenoxy) is 1. The average molecular weight is 307 g/mol. The fraction of sp³-hybridized carbons (Fsp3) is 0.800. The first kappa shape index (κ1) is 15.4. The lowest BCUT2D eigenvalue weighted by Crippen LogP contribution is -2.43. The molecule has 1 amide bonds. The van der Waals surface area contributed by atoms with Crippen LogP contribution >= 0.6 is 0 Å². The fourth-order valence-corrected chi connectivity index (χ4v) is 3.25. The Bertz CT molecular complexity index is 478. The third-order valence-electron chi connectivity index (χ3n) is 4.53. The van der Waals surface area contributed by atoms with Gasteiger partial charge < -0.3 is 14.6 Å². The standard InChI is InChI=1S/C15H25N5O2/c21-15(11-19-6-8-22-9-7-19)16-10-14-18-17-12-20(14)13-4-2-1-3-5-13/h12-13H,1-11H2,(H,16,21). The Morgan fingerprint density at radius 2 is 2.05 bits per heavy atom. The van der Waals surface area contributed by atoms with E-state index in [1.807, 2.05) is 0 Å². The molecule has 1 aliphatic carbocycles. The van der Waals surface area contributed by atoms with Crippen molar-refractivity contribution >= 4 is 5.91 Å². The van der Waals surface area contributed by atoms with Crippen molar-refractivity contribution in [2.24, 2.45) is 0 Å². The van der Waals surface area contributed by atoms with Crippen LogP contribution in [0.1, 0.15) is 44.0 Å². The Labute approximate surface area is 131 Å². The summed E-state index contributed by atoms with van der Waals surface area (Å²) in [7, 11) is 0. The Balaban J connectivity index is 1.48. The molecule has 1 N–H and O–H groups in total. The molecule has 0 bridgehead atoms. The maximum atomic E-state index is 12.0. The van der Waals surface area contributed by atoms with Gasteiger partial charge in [0.25, 0.3) is 0 Å². The molecule has 1 saturated carbocycles. The largest absolute Gasteiger partial charge is 0.379 e. The number of rotatable bonds is 5. The van der Waals surface area contributed by atoms with Crippen molar-refractivity contribution in [2.45, 2.75) is 44.7 Å². The van der Waals surface area contributed by atoms with Crippen LogP contribution in [0.15, 0.2) is 6.33 Å². The van der Waals surface area contributed by atoms with Crippen LogP contribution < -0.4 is 5.32 Å². The van der Waals surface area contributed by atoms with Crippen molar-refractivity contribution in [3.8, 4) is 0 Å². The molecule has 0 aromatic carbocycles. The van der Waals surface area contributed by atoms with Crippen molar-refractivity contribution in [3.63, 3.8) is 0 Å². The monoisotopic (exact) mass is 307 g/mol. The number of hydrogen-bond acceptors (Lipinski definition) is 5. The van der Waals surface area contributed by atoms with Gasteiger partial charge in [0.15, 0.2) is 5.82 Å². The molecule has 1 aromatic heterocycles. The highest BCUT2D eigenvalue weighted by Crippen LogP contribution is 2.28. The highest BCUT2D eigenvalue weighted by Gasteiger charge is 2.19. The quantitative estimate of drug-likeness (QED) is 0.868. The Morgan fingerprint density at radius 1 is 1.27 bits per heavy atom. The van der Waals surface area contributed by atoms with Gasteiger partial charge in [-0.25, -0.2) is 0 Å². The summed E-state index contributed by atoms with van der Waals surface area (Å²) in [5, 5.41) is 11.2. The minimum Gasteiger partial charge on any atom is -0.379 e. The van der Waals surface area contributed by atoms with Gasteiger partial charge in [0, 0.05) is 19.1 Å². The van der Waals surface area contributed by atoms with E-state index in [1.54, 1.807) is 6.33 Å². The van der Waals surface area contributed by atoms with E-state index in [1.165, 1.54) is 32.1 Å². The Hall–Kier alpha value is -1.47. The number of amides is 1. The minimum absolute atomic E-state index is 0.0418. The lowest BCUT2D eigenvalue weighted by atomic mass is 9.95. The second kappa shape index (κ2) is 7.69. The number of morpholine rings is 1. The van der Waals surface area contributed by atoms with Crippen LogP contribution in [0.2, 0.25) is 0 Å². The molecule has 22 heavy (non-hydrogen) atoms. The molecular formula is C15H25N5O2. The van der Waals surface area contributed by atoms with E-state index in [4.69, 9.17) is 4.74 Å². The summed E-state index contributed by atoms with van der Waals surface area (Å²) in [5.41, 5.74) is 0. The zero-order valence-electron chi connectivity index (χ0n) is 13.0. The van der Waals surface area contributed by atoms with Crippen molar-refractivity contribution in [1.82, 2.24) is 25.0 Å². The number of carbonyl (C=O) groups excluding carboxylic acids is 1. The second-order valence-electron chi connectivity index (χ2n) is 6.11. The highest BCUT2D eigenvalue weighted by atomic mass is 16.5. The first-order chi connectivity index (χ1) is 10.8. The molecule has 7 nitrogen and oxygen atoms in total. The predicted octanol–water partition coefficient (Wildman–Crippen LogP) is 0.732. The molecule has 2 heterocycles. The first-order valence-corrected chi connectivity index (χ1v) is 8.28. The van der Waals surface area contributed by atoms with Crippen LogP contribution in [0.25, 0.3) is 0 Å². The molecule has 0 spiro atoms. The van der Waals surface area contributed by atoms with Crippen LogP contribution in [0, 0.1) is 0 Å². The summed E-state index contributed by atoms with van der Waals surface area (Å²) in [5.74, 6) is 0.905. The van der Waals surface area contributed by atoms with Gasteiger partial charge in [-0.2, -0.15) is 0 Å². The lowest BCUT2D eigenvalue weighted by molar-refractivity contribution is -0.123. The Kier molecular flexibility index (Phi) is 5.39. The van der Waals surface area contributed by atoms with Crippen LogP contribution in [-0.2, 0) is 16.1 Å². The molecule has 122 valence electrons. The van der Waals surface area contributed by atoms with Crippen LogP contribution in [-0.4, -0.2) is 58.4 Å². The summed E-state index contributed by atoms with van der Waals surface area (Å²) in [6.07, 6.45) is 8.04. The van der Waals surface area contributed by atoms with Crippen molar-refractivity contribution in [2.75, 3.05) is 32.8 Å². The van der Waals surface area contributed by atoms with E-state index in [9.17, 15) is 4.79 Å². The van der Waals surface area contributed by atoms with E-state index in [-0.39, 0.29) is 5.91 Å². The van der Waals surface area contributed by atoms with Crippen molar-refractivity contribution in [3.05, 3.63) is 12.2 Å². The van der Waals surface area contributed by atoms with Crippen LogP contribution in [0.3, 0.4) is 0 Å². The zero-order chi connectivity index (χ0) is 15.2. The van der Waals surface area contributed by atoms with Crippen LogP contribution in [0.5, 0.6) is 0 Å². The third-order valence-corrected chi connectivity index (χ3v) is 4.53. The SMILES string of the molecule is O=C(CN1CCOCC1)NCc1nncn1C1CCCCC1. The first-order valence-electron chi connectivity index (χ1n) is 8.28. The number of nitrogens with zero attached hydrogens (tertiary/aromatic N) is 4. The van der Waals surface area contributed by atoms with E-state index < -0.39 is 0 Å². The van der Waals surface area contributed by atoms with Crippen molar-refractivity contribution in [1.29, 1.82) is 0 Å². The van der Waals surface area contributed by atoms with E-state index in [0.29, 0.717) is 32.3 Å². The van der Waals surface area contributed by atoms with Crippen LogP contribution in [0.4, 0.5) is 0 Å². The summed E-state index contributed by atoms with van der Waals surface area (Å²) >= 11 is 0. The van der Waals surface area contributed by atoms with Gasteiger partial charge in [0.1, 0.15) is 6.33 Å². The molecule has 1 saturated heterocycles. The average Bonchev–Trinajstić information content (AvgIpc) is 3.03. The Morgan fingerprint density at radius 3 is 2.82 bits per heavy atom. The van der Waals surface area contributed by atoms with Gasteiger partial charge in [0.2, 0.25) is 5.91 Å². The molecule has 1 aromatic rings. The molecule has 2 fully saturated rings. The number of carbonyl (C=O) groups is 1. The normalized spacial score (nSPS) is 20.9. The van der Waals surface area contributed by atoms with Crippen molar-refractivity contribution < 1.29 is 9.53 Å². The zero-order valence-corrected chi connectivity index (χ0v) is 13.0. The third kappa shape index (κ3) is 4.04. The van der Waals surface area contributed by atoms with Gasteiger partial charge in [-0.3, -0.25) is 9.69 Å². The molecule has 2 aliphatic rings. The fourth-order valence-electron chi connectivity index (χ4n) is 3.25. The molecule has 0 atom stereocenters. The van der Waals surface area contributed by atoms with Gasteiger partial charge in [-0.05, 0) is 12.8 Å². The second-order valence-corrected chi connectivity index (χ2v) is 6.11. The summed E-state index contributed by atoms with van der Waals surface area (Å²) in [4.78, 5) is 14.2. The molecule has 1 aliphatic heterocycles. The smallest absolute Gasteiger partial charge is 0.234 e. The topological polar surface area (TPSA) is 72.3 Å². The highest BCUT2D eigenvalue weighted by molar-refractivity contribution is 5.77. The number of nitrogens with one attached hydrogen (secondary N) is 1. The lowest BCUT2D eigenvalue weighted by Gasteiger charge is -2.26. The predicted molar refractivity (Wildman–Crippen MR) is 81.2 cm³/mol. The molecule has 3 rings (SSSR count). The van der Waals surface area contributed by atoms with Gasteiger partial charge >= 0.3 is 0 Å². The number of hydrogen-bond donors (Lipinski definition) is 1. The summed E-state index contributed by atoms with van der Waals surface area (Å²) in [6.45, 7) is 3.96. The summed E-state index contributed by atoms with van der Waals surface area (Å²) < 4.78 is 7.44. The molecule has 0 radical (unpaired) electrons. The molecule has 7 heteroatoms. The number of aromatic nitrogens is 3. The summed E-state index contributed by atoms with van der Waals surface area (Å²) in [6, 6.07) is 0.495. The molecular weight excluding hydrogens is 282 g/mol. The van der Waals surface area contributed by atoms with Gasteiger partial charge in [0.05, 0.1) is 26.3 Å². The van der Waals surface area contributed by atoms with E-state index in [0.717, 1.165) is 18.9 Å². The minimum atomic E-state index is 0.0418. The van der Waals surface area contributed by atoms with Gasteiger partial charge in [-0.1, -0.05) is 19.3 Å².